The Labute approximate surface area is 114 Å². The Balaban J connectivity index is 2.27. The molecule has 0 aliphatic rings. The summed E-state index contributed by atoms with van der Waals surface area (Å²) in [6, 6.07) is 7.37. The van der Waals surface area contributed by atoms with Crippen molar-refractivity contribution in [2.75, 3.05) is 12.3 Å². The largest absolute Gasteiger partial charge is 0.445 e. The van der Waals surface area contributed by atoms with Crippen molar-refractivity contribution in [1.82, 2.24) is 5.32 Å². The third kappa shape index (κ3) is 7.13. The van der Waals surface area contributed by atoms with Crippen LogP contribution in [0.3, 0.4) is 0 Å². The molecule has 0 saturated heterocycles. The van der Waals surface area contributed by atoms with Gasteiger partial charge in [-0.25, -0.2) is 4.79 Å². The number of hydrogen-bond donors (Lipinski definition) is 2. The maximum absolute atomic E-state index is 11.4. The Hall–Kier alpha value is -1.97. The molecule has 0 unspecified atom stereocenters. The lowest BCUT2D eigenvalue weighted by Crippen LogP contribution is -2.23. The number of hydrogen-bond acceptors (Lipinski definition) is 3. The number of carbonyl (C=O) groups is 1. The number of ether oxygens (including phenoxy) is 1. The van der Waals surface area contributed by atoms with E-state index in [9.17, 15) is 4.79 Å². The van der Waals surface area contributed by atoms with Gasteiger partial charge in [0.15, 0.2) is 0 Å². The maximum Gasteiger partial charge on any atom is 0.407 e. The molecule has 1 aromatic rings. The summed E-state index contributed by atoms with van der Waals surface area (Å²) >= 11 is 0. The first-order valence-electron chi connectivity index (χ1n) is 6.29. The van der Waals surface area contributed by atoms with Crippen LogP contribution in [-0.2, 0) is 11.3 Å². The van der Waals surface area contributed by atoms with E-state index >= 15 is 0 Å². The van der Waals surface area contributed by atoms with E-state index in [1.807, 2.05) is 30.4 Å². The van der Waals surface area contributed by atoms with Crippen molar-refractivity contribution in [1.29, 1.82) is 0 Å². The molecular weight excluding hydrogens is 240 g/mol. The van der Waals surface area contributed by atoms with Gasteiger partial charge >= 0.3 is 6.09 Å². The quantitative estimate of drug-likeness (QED) is 0.647. The molecule has 0 atom stereocenters. The van der Waals surface area contributed by atoms with Crippen LogP contribution in [0.15, 0.2) is 36.4 Å². The molecule has 0 aromatic heterocycles. The van der Waals surface area contributed by atoms with E-state index in [1.54, 1.807) is 6.07 Å². The van der Waals surface area contributed by atoms with Gasteiger partial charge in [-0.2, -0.15) is 0 Å². The number of alkyl carbamates (subject to hydrolysis) is 1. The van der Waals surface area contributed by atoms with Gasteiger partial charge in [-0.05, 0) is 23.1 Å². The second-order valence-corrected chi connectivity index (χ2v) is 5.47. The summed E-state index contributed by atoms with van der Waals surface area (Å²) in [5.74, 6) is 0. The maximum atomic E-state index is 11.4. The first-order valence-corrected chi connectivity index (χ1v) is 6.29. The number of nitrogen functional groups attached to an aromatic ring is 1. The molecule has 0 spiro atoms. The van der Waals surface area contributed by atoms with Gasteiger partial charge in [0.2, 0.25) is 0 Å². The number of carbonyl (C=O) groups excluding carboxylic acids is 1. The van der Waals surface area contributed by atoms with E-state index in [-0.39, 0.29) is 12.0 Å². The molecule has 0 bridgehead atoms. The lowest BCUT2D eigenvalue weighted by Gasteiger charge is -2.11. The number of anilines is 1. The minimum atomic E-state index is -0.430. The Morgan fingerprint density at radius 3 is 2.79 bits per heavy atom. The predicted octanol–water partition coefficient (Wildman–Crippen LogP) is 3.10. The van der Waals surface area contributed by atoms with Gasteiger partial charge in [0, 0.05) is 12.2 Å². The average Bonchev–Trinajstić information content (AvgIpc) is 2.31. The molecule has 3 N–H and O–H groups in total. The Morgan fingerprint density at radius 2 is 2.16 bits per heavy atom. The number of allylic oxidation sites excluding steroid dienone is 1. The number of rotatable bonds is 4. The molecule has 0 fully saturated rings. The molecule has 104 valence electrons. The molecule has 4 heteroatoms. The van der Waals surface area contributed by atoms with E-state index < -0.39 is 6.09 Å². The van der Waals surface area contributed by atoms with Gasteiger partial charge in [-0.1, -0.05) is 45.1 Å². The monoisotopic (exact) mass is 262 g/mol. The van der Waals surface area contributed by atoms with E-state index in [0.717, 1.165) is 5.56 Å². The Morgan fingerprint density at radius 1 is 1.42 bits per heavy atom. The minimum absolute atomic E-state index is 0.0986. The number of amides is 1. The van der Waals surface area contributed by atoms with Gasteiger partial charge < -0.3 is 15.8 Å². The van der Waals surface area contributed by atoms with Gasteiger partial charge in [0.1, 0.15) is 6.61 Å². The van der Waals surface area contributed by atoms with Crippen LogP contribution >= 0.6 is 0 Å². The first-order chi connectivity index (χ1) is 8.87. The van der Waals surface area contributed by atoms with Gasteiger partial charge in [-0.3, -0.25) is 0 Å². The standard InChI is InChI=1S/C15H22N2O2/c1-15(2,3)8-5-9-19-14(18)17-11-12-6-4-7-13(16)10-12/h4-8,10H,9,11,16H2,1-3H3,(H,17,18). The highest BCUT2D eigenvalue weighted by atomic mass is 16.5. The minimum Gasteiger partial charge on any atom is -0.445 e. The summed E-state index contributed by atoms with van der Waals surface area (Å²) in [6.45, 7) is 6.95. The summed E-state index contributed by atoms with van der Waals surface area (Å²) in [6.07, 6.45) is 3.43. The van der Waals surface area contributed by atoms with E-state index in [0.29, 0.717) is 12.2 Å². The number of benzene rings is 1. The Kier molecular flexibility index (Phi) is 5.42. The van der Waals surface area contributed by atoms with Gasteiger partial charge in [0.05, 0.1) is 0 Å². The van der Waals surface area contributed by atoms with Crippen molar-refractivity contribution in [3.63, 3.8) is 0 Å². The van der Waals surface area contributed by atoms with Gasteiger partial charge in [-0.15, -0.1) is 0 Å². The fourth-order valence-electron chi connectivity index (χ4n) is 1.45. The van der Waals surface area contributed by atoms with Crippen molar-refractivity contribution in [2.45, 2.75) is 27.3 Å². The van der Waals surface area contributed by atoms with Crippen LogP contribution in [0.25, 0.3) is 0 Å². The lowest BCUT2D eigenvalue weighted by molar-refractivity contribution is 0.157. The zero-order chi connectivity index (χ0) is 14.3. The summed E-state index contributed by atoms with van der Waals surface area (Å²) < 4.78 is 5.02. The van der Waals surface area contributed by atoms with Crippen molar-refractivity contribution < 1.29 is 9.53 Å². The van der Waals surface area contributed by atoms with Crippen molar-refractivity contribution in [3.8, 4) is 0 Å². The molecule has 19 heavy (non-hydrogen) atoms. The summed E-state index contributed by atoms with van der Waals surface area (Å²) in [4.78, 5) is 11.4. The molecule has 0 radical (unpaired) electrons. The van der Waals surface area contributed by atoms with E-state index in [2.05, 4.69) is 26.1 Å². The zero-order valence-corrected chi connectivity index (χ0v) is 11.8. The summed E-state index contributed by atoms with van der Waals surface area (Å²) in [7, 11) is 0. The van der Waals surface area contributed by atoms with Crippen LogP contribution in [-0.4, -0.2) is 12.7 Å². The fourth-order valence-corrected chi connectivity index (χ4v) is 1.45. The zero-order valence-electron chi connectivity index (χ0n) is 11.8. The lowest BCUT2D eigenvalue weighted by atomic mass is 9.96. The van der Waals surface area contributed by atoms with Crippen molar-refractivity contribution in [3.05, 3.63) is 42.0 Å². The first kappa shape index (κ1) is 15.1. The SMILES string of the molecule is CC(C)(C)C=CCOC(=O)NCc1cccc(N)c1. The Bertz CT molecular complexity index is 448. The molecule has 0 aliphatic carbocycles. The molecule has 0 aliphatic heterocycles. The van der Waals surface area contributed by atoms with Crippen molar-refractivity contribution >= 4 is 11.8 Å². The van der Waals surface area contributed by atoms with Crippen LogP contribution in [0.2, 0.25) is 0 Å². The van der Waals surface area contributed by atoms with Crippen LogP contribution in [0.5, 0.6) is 0 Å². The molecule has 0 heterocycles. The summed E-state index contributed by atoms with van der Waals surface area (Å²) in [5, 5.41) is 2.67. The third-order valence-electron chi connectivity index (χ3n) is 2.32. The number of nitrogens with one attached hydrogen (secondary N) is 1. The second-order valence-electron chi connectivity index (χ2n) is 5.47. The summed E-state index contributed by atoms with van der Waals surface area (Å²) in [5.41, 5.74) is 7.38. The van der Waals surface area contributed by atoms with Crippen LogP contribution < -0.4 is 11.1 Å². The van der Waals surface area contributed by atoms with Gasteiger partial charge in [0.25, 0.3) is 0 Å². The number of nitrogens with two attached hydrogens (primary N) is 1. The van der Waals surface area contributed by atoms with Crippen LogP contribution in [0, 0.1) is 5.41 Å². The van der Waals surface area contributed by atoms with Crippen LogP contribution in [0.1, 0.15) is 26.3 Å². The fraction of sp³-hybridized carbons (Fsp3) is 0.400. The van der Waals surface area contributed by atoms with E-state index in [1.165, 1.54) is 0 Å². The topological polar surface area (TPSA) is 64.3 Å². The normalized spacial score (nSPS) is 11.5. The molecular formula is C15H22N2O2. The highest BCUT2D eigenvalue weighted by Gasteiger charge is 2.04. The van der Waals surface area contributed by atoms with Crippen molar-refractivity contribution in [2.24, 2.45) is 5.41 Å². The predicted molar refractivity (Wildman–Crippen MR) is 77.6 cm³/mol. The smallest absolute Gasteiger partial charge is 0.407 e. The third-order valence-corrected chi connectivity index (χ3v) is 2.32. The van der Waals surface area contributed by atoms with Crippen LogP contribution in [0.4, 0.5) is 10.5 Å². The highest BCUT2D eigenvalue weighted by molar-refractivity contribution is 5.67. The molecule has 1 amide bonds. The second kappa shape index (κ2) is 6.83. The molecule has 4 nitrogen and oxygen atoms in total. The highest BCUT2D eigenvalue weighted by Crippen LogP contribution is 2.14. The molecule has 1 rings (SSSR count). The molecule has 0 saturated carbocycles. The average molecular weight is 262 g/mol. The molecule has 1 aromatic carbocycles. The van der Waals surface area contributed by atoms with E-state index in [4.69, 9.17) is 10.5 Å².